The van der Waals surface area contributed by atoms with E-state index in [-0.39, 0.29) is 11.3 Å². The smallest absolute Gasteiger partial charge is 0.300 e. The molecule has 1 saturated heterocycles. The molecule has 168 valence electrons. The van der Waals surface area contributed by atoms with Crippen molar-refractivity contribution in [2.45, 2.75) is 33.2 Å². The van der Waals surface area contributed by atoms with Gasteiger partial charge < -0.3 is 9.84 Å². The predicted octanol–water partition coefficient (Wildman–Crippen LogP) is 5.72. The van der Waals surface area contributed by atoms with Crippen molar-refractivity contribution in [1.29, 1.82) is 0 Å². The van der Waals surface area contributed by atoms with Crippen molar-refractivity contribution in [3.63, 3.8) is 0 Å². The molecule has 33 heavy (non-hydrogen) atoms. The highest BCUT2D eigenvalue weighted by Gasteiger charge is 2.47. The van der Waals surface area contributed by atoms with Gasteiger partial charge in [-0.15, -0.1) is 0 Å². The van der Waals surface area contributed by atoms with Gasteiger partial charge in [0.2, 0.25) is 0 Å². The predicted molar refractivity (Wildman–Crippen MR) is 129 cm³/mol. The second-order valence-electron chi connectivity index (χ2n) is 8.24. The topological polar surface area (TPSA) is 66.8 Å². The molecule has 1 aliphatic heterocycles. The molecule has 0 radical (unpaired) electrons. The molecule has 0 aromatic heterocycles. The molecular weight excluding hydrogens is 414 g/mol. The van der Waals surface area contributed by atoms with Crippen molar-refractivity contribution in [2.24, 2.45) is 0 Å². The first-order valence-electron chi connectivity index (χ1n) is 11.1. The van der Waals surface area contributed by atoms with E-state index in [4.69, 9.17) is 4.74 Å². The summed E-state index contributed by atoms with van der Waals surface area (Å²) in [5, 5.41) is 11.3. The Hall–Kier alpha value is -3.86. The van der Waals surface area contributed by atoms with Crippen LogP contribution in [0.4, 0.5) is 5.69 Å². The van der Waals surface area contributed by atoms with Gasteiger partial charge in [-0.1, -0.05) is 61.0 Å². The number of hydrogen-bond acceptors (Lipinski definition) is 4. The molecule has 0 bridgehead atoms. The summed E-state index contributed by atoms with van der Waals surface area (Å²) >= 11 is 0. The molecule has 1 unspecified atom stereocenters. The first-order chi connectivity index (χ1) is 15.9. The largest absolute Gasteiger partial charge is 0.507 e. The maximum absolute atomic E-state index is 13.3. The zero-order valence-electron chi connectivity index (χ0n) is 19.0. The Morgan fingerprint density at radius 1 is 0.970 bits per heavy atom. The Morgan fingerprint density at radius 2 is 1.73 bits per heavy atom. The van der Waals surface area contributed by atoms with Crippen LogP contribution >= 0.6 is 0 Å². The molecule has 5 heteroatoms. The van der Waals surface area contributed by atoms with E-state index in [1.54, 1.807) is 18.2 Å². The zero-order chi connectivity index (χ0) is 23.5. The number of ketones is 1. The average Bonchev–Trinajstić information content (AvgIpc) is 3.10. The summed E-state index contributed by atoms with van der Waals surface area (Å²) in [6.07, 6.45) is 0.856. The minimum absolute atomic E-state index is 0.0831. The molecule has 4 rings (SSSR count). The number of nitrogens with zero attached hydrogens (tertiary/aromatic N) is 1. The summed E-state index contributed by atoms with van der Waals surface area (Å²) < 4.78 is 5.75. The lowest BCUT2D eigenvalue weighted by atomic mass is 9.93. The molecular formula is C28H27NO4. The second-order valence-corrected chi connectivity index (χ2v) is 8.24. The maximum atomic E-state index is 13.3. The van der Waals surface area contributed by atoms with Crippen LogP contribution in [0.5, 0.6) is 5.75 Å². The van der Waals surface area contributed by atoms with Gasteiger partial charge in [0, 0.05) is 17.3 Å². The van der Waals surface area contributed by atoms with E-state index >= 15 is 0 Å². The van der Waals surface area contributed by atoms with Crippen molar-refractivity contribution >= 4 is 23.1 Å². The highest BCUT2D eigenvalue weighted by Crippen LogP contribution is 2.43. The summed E-state index contributed by atoms with van der Waals surface area (Å²) in [4.78, 5) is 28.1. The zero-order valence-corrected chi connectivity index (χ0v) is 19.0. The number of carbonyl (C=O) groups excluding carboxylic acids is 2. The van der Waals surface area contributed by atoms with Crippen molar-refractivity contribution in [2.75, 3.05) is 11.5 Å². The summed E-state index contributed by atoms with van der Waals surface area (Å²) in [6, 6.07) is 21.4. The van der Waals surface area contributed by atoms with Crippen molar-refractivity contribution < 1.29 is 19.4 Å². The number of aryl methyl sites for hydroxylation is 2. The van der Waals surface area contributed by atoms with Crippen LogP contribution in [0.2, 0.25) is 0 Å². The Labute approximate surface area is 193 Å². The van der Waals surface area contributed by atoms with E-state index < -0.39 is 17.7 Å². The lowest BCUT2D eigenvalue weighted by molar-refractivity contribution is -0.132. The molecule has 1 N–H and O–H groups in total. The normalized spacial score (nSPS) is 17.4. The number of aliphatic hydroxyl groups is 1. The van der Waals surface area contributed by atoms with Crippen LogP contribution in [0.15, 0.2) is 78.4 Å². The van der Waals surface area contributed by atoms with Crippen LogP contribution in [0.3, 0.4) is 0 Å². The van der Waals surface area contributed by atoms with Gasteiger partial charge in [0.15, 0.2) is 0 Å². The Bertz CT molecular complexity index is 1230. The lowest BCUT2D eigenvalue weighted by Crippen LogP contribution is -2.29. The number of Topliss-reactive ketones (excluding diaryl/α,β-unsaturated/α-hetero) is 1. The van der Waals surface area contributed by atoms with Crippen LogP contribution in [0.1, 0.15) is 41.6 Å². The Balaban J connectivity index is 1.91. The molecule has 1 heterocycles. The molecule has 1 atom stereocenters. The first kappa shape index (κ1) is 22.3. The number of anilines is 1. The fourth-order valence-electron chi connectivity index (χ4n) is 4.13. The van der Waals surface area contributed by atoms with Crippen molar-refractivity contribution in [3.8, 4) is 5.75 Å². The average molecular weight is 442 g/mol. The molecule has 0 spiro atoms. The first-order valence-corrected chi connectivity index (χ1v) is 11.1. The number of hydrogen-bond donors (Lipinski definition) is 1. The van der Waals surface area contributed by atoms with E-state index in [1.807, 2.05) is 75.4 Å². The number of ether oxygens (including phenoxy) is 1. The minimum Gasteiger partial charge on any atom is -0.507 e. The van der Waals surface area contributed by atoms with Crippen LogP contribution in [0.25, 0.3) is 5.76 Å². The Kier molecular flexibility index (Phi) is 6.31. The van der Waals surface area contributed by atoms with Crippen LogP contribution in [-0.4, -0.2) is 23.4 Å². The Morgan fingerprint density at radius 3 is 2.45 bits per heavy atom. The molecule has 0 saturated carbocycles. The quantitative estimate of drug-likeness (QED) is 0.302. The number of rotatable bonds is 6. The number of amides is 1. The molecule has 1 aliphatic rings. The number of carbonyl (C=O) groups is 2. The SMILES string of the molecule is CCCOc1cccc(N2C(=O)C(=O)/C(=C(/O)c3cc(C)ccc3C)C2c2ccccc2)c1. The molecule has 1 fully saturated rings. The third-order valence-corrected chi connectivity index (χ3v) is 5.78. The monoisotopic (exact) mass is 441 g/mol. The van der Waals surface area contributed by atoms with E-state index in [0.717, 1.165) is 23.1 Å². The third kappa shape index (κ3) is 4.27. The van der Waals surface area contributed by atoms with E-state index in [9.17, 15) is 14.7 Å². The summed E-state index contributed by atoms with van der Waals surface area (Å²) in [7, 11) is 0. The number of benzene rings is 3. The fourth-order valence-corrected chi connectivity index (χ4v) is 4.13. The molecule has 3 aromatic carbocycles. The van der Waals surface area contributed by atoms with Gasteiger partial charge in [0.05, 0.1) is 18.2 Å². The lowest BCUT2D eigenvalue weighted by Gasteiger charge is -2.26. The van der Waals surface area contributed by atoms with Gasteiger partial charge in [-0.3, -0.25) is 14.5 Å². The van der Waals surface area contributed by atoms with Crippen molar-refractivity contribution in [3.05, 3.63) is 101 Å². The summed E-state index contributed by atoms with van der Waals surface area (Å²) in [6.45, 7) is 6.37. The van der Waals surface area contributed by atoms with Gasteiger partial charge in [-0.2, -0.15) is 0 Å². The van der Waals surface area contributed by atoms with Gasteiger partial charge in [0.1, 0.15) is 11.5 Å². The molecule has 1 amide bonds. The van der Waals surface area contributed by atoms with Gasteiger partial charge in [0.25, 0.3) is 11.7 Å². The molecule has 5 nitrogen and oxygen atoms in total. The summed E-state index contributed by atoms with van der Waals surface area (Å²) in [5.41, 5.74) is 3.69. The van der Waals surface area contributed by atoms with Crippen molar-refractivity contribution in [1.82, 2.24) is 0 Å². The highest BCUT2D eigenvalue weighted by atomic mass is 16.5. The standard InChI is InChI=1S/C28H27NO4/c1-4-15-33-22-12-8-11-21(17-22)29-25(20-9-6-5-7-10-20)24(27(31)28(29)32)26(30)23-16-18(2)13-14-19(23)3/h5-14,16-17,25,30H,4,15H2,1-3H3/b26-24+. The van der Waals surface area contributed by atoms with Gasteiger partial charge in [-0.25, -0.2) is 0 Å². The summed E-state index contributed by atoms with van der Waals surface area (Å²) in [5.74, 6) is -0.924. The van der Waals surface area contributed by atoms with E-state index in [1.165, 1.54) is 4.90 Å². The maximum Gasteiger partial charge on any atom is 0.300 e. The van der Waals surface area contributed by atoms with Gasteiger partial charge in [-0.05, 0) is 49.6 Å². The van der Waals surface area contributed by atoms with E-state index in [0.29, 0.717) is 23.6 Å². The van der Waals surface area contributed by atoms with Crippen LogP contribution < -0.4 is 9.64 Å². The fraction of sp³-hybridized carbons (Fsp3) is 0.214. The third-order valence-electron chi connectivity index (χ3n) is 5.78. The van der Waals surface area contributed by atoms with Gasteiger partial charge >= 0.3 is 0 Å². The van der Waals surface area contributed by atoms with Crippen LogP contribution in [0, 0.1) is 13.8 Å². The van der Waals surface area contributed by atoms with E-state index in [2.05, 4.69) is 0 Å². The minimum atomic E-state index is -0.757. The molecule has 3 aromatic rings. The molecule has 0 aliphatic carbocycles. The van der Waals surface area contributed by atoms with Crippen LogP contribution in [-0.2, 0) is 9.59 Å². The second kappa shape index (κ2) is 9.33. The number of aliphatic hydroxyl groups excluding tert-OH is 1. The highest BCUT2D eigenvalue weighted by molar-refractivity contribution is 6.51.